The molecule has 30 heavy (non-hydrogen) atoms. The van der Waals surface area contributed by atoms with Crippen molar-refractivity contribution in [3.05, 3.63) is 62.6 Å². The van der Waals surface area contributed by atoms with Gasteiger partial charge < -0.3 is 14.5 Å². The lowest BCUT2D eigenvalue weighted by Gasteiger charge is -2.13. The topological polar surface area (TPSA) is 117 Å². The van der Waals surface area contributed by atoms with Gasteiger partial charge in [0, 0.05) is 24.7 Å². The van der Waals surface area contributed by atoms with Gasteiger partial charge in [-0.05, 0) is 57.0 Å². The lowest BCUT2D eigenvalue weighted by molar-refractivity contribution is -0.384. The summed E-state index contributed by atoms with van der Waals surface area (Å²) < 4.78 is 12.1. The largest absolute Gasteiger partial charge is 0.491 e. The van der Waals surface area contributed by atoms with Crippen LogP contribution < -0.4 is 15.8 Å². The fourth-order valence-corrected chi connectivity index (χ4v) is 3.11. The number of carbonyl (C=O) groups is 1. The fraction of sp³-hybridized carbons (Fsp3) is 0.333. The van der Waals surface area contributed by atoms with E-state index in [1.54, 1.807) is 12.1 Å². The molecule has 0 aliphatic heterocycles. The van der Waals surface area contributed by atoms with Gasteiger partial charge in [0.05, 0.1) is 22.6 Å². The summed E-state index contributed by atoms with van der Waals surface area (Å²) in [6.07, 6.45) is 0.680. The van der Waals surface area contributed by atoms with Crippen molar-refractivity contribution in [1.29, 1.82) is 0 Å². The summed E-state index contributed by atoms with van der Waals surface area (Å²) in [5.41, 5.74) is 2.05. The minimum absolute atomic E-state index is 0.0680. The Hall–Kier alpha value is -3.62. The summed E-state index contributed by atoms with van der Waals surface area (Å²) in [5.74, 6) is -0.0402. The lowest BCUT2D eigenvalue weighted by Crippen LogP contribution is -2.17. The Morgan fingerprint density at radius 1 is 1.27 bits per heavy atom. The number of carbonyl (C=O) groups excluding carboxylic acids is 1. The zero-order valence-electron chi connectivity index (χ0n) is 17.0. The highest BCUT2D eigenvalue weighted by Crippen LogP contribution is 2.23. The number of aryl methyl sites for hydroxylation is 2. The van der Waals surface area contributed by atoms with Gasteiger partial charge in [-0.3, -0.25) is 19.5 Å². The molecule has 0 bridgehead atoms. The lowest BCUT2D eigenvalue weighted by atomic mass is 10.1. The smallest absolute Gasteiger partial charge is 0.419 e. The number of anilines is 1. The Morgan fingerprint density at radius 2 is 2.03 bits per heavy atom. The second kappa shape index (κ2) is 8.81. The molecule has 0 saturated carbocycles. The third-order valence-corrected chi connectivity index (χ3v) is 4.49. The van der Waals surface area contributed by atoms with E-state index in [2.05, 4.69) is 5.32 Å². The third-order valence-electron chi connectivity index (χ3n) is 4.49. The summed E-state index contributed by atoms with van der Waals surface area (Å²) >= 11 is 0. The van der Waals surface area contributed by atoms with Crippen LogP contribution in [0.2, 0.25) is 0 Å². The van der Waals surface area contributed by atoms with Gasteiger partial charge in [0.2, 0.25) is 5.91 Å². The van der Waals surface area contributed by atoms with Gasteiger partial charge in [0.15, 0.2) is 5.58 Å². The van der Waals surface area contributed by atoms with Crippen LogP contribution >= 0.6 is 0 Å². The molecule has 0 spiro atoms. The molecule has 158 valence electrons. The first-order valence-electron chi connectivity index (χ1n) is 9.59. The number of oxazole rings is 1. The zero-order chi connectivity index (χ0) is 21.8. The van der Waals surface area contributed by atoms with Crippen LogP contribution in [0.1, 0.15) is 32.3 Å². The molecule has 3 aromatic rings. The molecule has 3 rings (SSSR count). The molecule has 9 heteroatoms. The molecule has 2 aromatic carbocycles. The quantitative estimate of drug-likeness (QED) is 0.440. The molecule has 1 heterocycles. The Balaban J connectivity index is 1.60. The van der Waals surface area contributed by atoms with Gasteiger partial charge in [-0.1, -0.05) is 0 Å². The van der Waals surface area contributed by atoms with Crippen molar-refractivity contribution in [2.75, 3.05) is 5.32 Å². The molecule has 9 nitrogen and oxygen atoms in total. The standard InChI is InChI=1S/C21H23N3O6/c1-13(2)29-16-7-8-17(14(3)11-16)22-20(25)5-4-10-23-18-9-6-15(24(27)28)12-19(18)30-21(23)26/h6-9,11-13H,4-5,10H2,1-3H3,(H,22,25). The molecule has 0 aliphatic carbocycles. The number of aromatic nitrogens is 1. The highest BCUT2D eigenvalue weighted by atomic mass is 16.6. The van der Waals surface area contributed by atoms with Crippen molar-refractivity contribution in [2.45, 2.75) is 46.3 Å². The number of nitrogens with one attached hydrogen (secondary N) is 1. The van der Waals surface area contributed by atoms with Crippen LogP contribution in [0.5, 0.6) is 5.75 Å². The molecule has 0 saturated heterocycles. The van der Waals surface area contributed by atoms with E-state index in [0.717, 1.165) is 11.3 Å². The molecule has 0 atom stereocenters. The zero-order valence-corrected chi connectivity index (χ0v) is 17.0. The second-order valence-electron chi connectivity index (χ2n) is 7.22. The Bertz CT molecular complexity index is 1150. The Labute approximate surface area is 172 Å². The first kappa shape index (κ1) is 21.1. The molecule has 0 aliphatic rings. The van der Waals surface area contributed by atoms with Gasteiger partial charge in [-0.15, -0.1) is 0 Å². The van der Waals surface area contributed by atoms with E-state index in [0.29, 0.717) is 17.6 Å². The van der Waals surface area contributed by atoms with Crippen molar-refractivity contribution >= 4 is 28.4 Å². The Kier molecular flexibility index (Phi) is 6.20. The van der Waals surface area contributed by atoms with Crippen molar-refractivity contribution < 1.29 is 18.9 Å². The van der Waals surface area contributed by atoms with Crippen LogP contribution in [0.15, 0.2) is 45.6 Å². The maximum atomic E-state index is 12.3. The number of nitro groups is 1. The van der Waals surface area contributed by atoms with E-state index in [1.807, 2.05) is 26.8 Å². The third kappa shape index (κ3) is 4.86. The van der Waals surface area contributed by atoms with E-state index >= 15 is 0 Å². The monoisotopic (exact) mass is 413 g/mol. The van der Waals surface area contributed by atoms with Gasteiger partial charge in [0.25, 0.3) is 5.69 Å². The summed E-state index contributed by atoms with van der Waals surface area (Å²) in [4.78, 5) is 34.6. The van der Waals surface area contributed by atoms with E-state index in [4.69, 9.17) is 9.15 Å². The van der Waals surface area contributed by atoms with Crippen molar-refractivity contribution in [2.24, 2.45) is 0 Å². The first-order chi connectivity index (χ1) is 14.2. The van der Waals surface area contributed by atoms with Crippen molar-refractivity contribution in [1.82, 2.24) is 4.57 Å². The van der Waals surface area contributed by atoms with Crippen LogP contribution in [-0.2, 0) is 11.3 Å². The van der Waals surface area contributed by atoms with Crippen LogP contribution in [0, 0.1) is 17.0 Å². The van der Waals surface area contributed by atoms with E-state index < -0.39 is 10.7 Å². The number of amides is 1. The van der Waals surface area contributed by atoms with E-state index in [9.17, 15) is 19.7 Å². The minimum atomic E-state index is -0.609. The predicted molar refractivity (Wildman–Crippen MR) is 112 cm³/mol. The second-order valence-corrected chi connectivity index (χ2v) is 7.22. The minimum Gasteiger partial charge on any atom is -0.491 e. The van der Waals surface area contributed by atoms with E-state index in [1.165, 1.54) is 22.8 Å². The molecular weight excluding hydrogens is 390 g/mol. The Morgan fingerprint density at radius 3 is 2.70 bits per heavy atom. The van der Waals surface area contributed by atoms with Crippen LogP contribution in [0.4, 0.5) is 11.4 Å². The van der Waals surface area contributed by atoms with Gasteiger partial charge >= 0.3 is 5.76 Å². The van der Waals surface area contributed by atoms with Gasteiger partial charge in [-0.25, -0.2) is 4.79 Å². The number of hydrogen-bond acceptors (Lipinski definition) is 6. The van der Waals surface area contributed by atoms with Crippen LogP contribution in [-0.4, -0.2) is 21.5 Å². The number of benzene rings is 2. The number of ether oxygens (including phenoxy) is 1. The van der Waals surface area contributed by atoms with Crippen LogP contribution in [0.25, 0.3) is 11.1 Å². The molecule has 1 aromatic heterocycles. The molecular formula is C21H23N3O6. The summed E-state index contributed by atoms with van der Waals surface area (Å²) in [7, 11) is 0. The fourth-order valence-electron chi connectivity index (χ4n) is 3.11. The highest BCUT2D eigenvalue weighted by molar-refractivity contribution is 5.91. The maximum Gasteiger partial charge on any atom is 0.419 e. The SMILES string of the molecule is Cc1cc(OC(C)C)ccc1NC(=O)CCCn1c(=O)oc2cc([N+](=O)[O-])ccc21. The summed E-state index contributed by atoms with van der Waals surface area (Å²) in [5, 5.41) is 13.7. The van der Waals surface area contributed by atoms with Crippen molar-refractivity contribution in [3.8, 4) is 5.75 Å². The van der Waals surface area contributed by atoms with Crippen LogP contribution in [0.3, 0.4) is 0 Å². The van der Waals surface area contributed by atoms with E-state index in [-0.39, 0.29) is 36.2 Å². The number of fused-ring (bicyclic) bond motifs is 1. The van der Waals surface area contributed by atoms with Gasteiger partial charge in [0.1, 0.15) is 5.75 Å². The number of hydrogen-bond donors (Lipinski definition) is 1. The number of non-ortho nitro benzene ring substituents is 1. The number of nitrogens with zero attached hydrogens (tertiary/aromatic N) is 2. The average molecular weight is 413 g/mol. The first-order valence-corrected chi connectivity index (χ1v) is 9.59. The molecule has 0 radical (unpaired) electrons. The van der Waals surface area contributed by atoms with Gasteiger partial charge in [-0.2, -0.15) is 0 Å². The maximum absolute atomic E-state index is 12.3. The molecule has 0 fully saturated rings. The highest BCUT2D eigenvalue weighted by Gasteiger charge is 2.14. The van der Waals surface area contributed by atoms with Crippen molar-refractivity contribution in [3.63, 3.8) is 0 Å². The number of rotatable bonds is 8. The molecule has 1 N–H and O–H groups in total. The predicted octanol–water partition coefficient (Wildman–Crippen LogP) is 4.02. The summed E-state index contributed by atoms with van der Waals surface area (Å²) in [6, 6.07) is 9.48. The summed E-state index contributed by atoms with van der Waals surface area (Å²) in [6.45, 7) is 6.04. The average Bonchev–Trinajstić information content (AvgIpc) is 2.98. The molecule has 0 unspecified atom stereocenters. The number of nitro benzene ring substituents is 1. The normalized spacial score (nSPS) is 11.1. The molecule has 1 amide bonds.